The molecule has 20 heavy (non-hydrogen) atoms. The third-order valence-corrected chi connectivity index (χ3v) is 3.56. The topological polar surface area (TPSA) is 57.4 Å². The highest BCUT2D eigenvalue weighted by molar-refractivity contribution is 5.68. The van der Waals surface area contributed by atoms with E-state index in [9.17, 15) is 4.79 Å². The Labute approximate surface area is 120 Å². The molecule has 2 heterocycles. The lowest BCUT2D eigenvalue weighted by Crippen LogP contribution is -2.40. The van der Waals surface area contributed by atoms with Crippen molar-refractivity contribution in [3.05, 3.63) is 24.0 Å². The predicted molar refractivity (Wildman–Crippen MR) is 78.6 cm³/mol. The van der Waals surface area contributed by atoms with Crippen LogP contribution in [-0.4, -0.2) is 40.7 Å². The first-order valence-electron chi connectivity index (χ1n) is 7.22. The predicted octanol–water partition coefficient (Wildman–Crippen LogP) is 2.67. The maximum absolute atomic E-state index is 11.8. The molecule has 5 nitrogen and oxygen atoms in total. The van der Waals surface area contributed by atoms with Gasteiger partial charge in [0.25, 0.3) is 0 Å². The molecule has 2 N–H and O–H groups in total. The van der Waals surface area contributed by atoms with E-state index in [1.54, 1.807) is 0 Å². The number of rotatable bonds is 3. The number of H-pyrrole nitrogens is 1. The summed E-state index contributed by atoms with van der Waals surface area (Å²) in [6.45, 7) is 9.66. The maximum Gasteiger partial charge on any atom is 0.407 e. The van der Waals surface area contributed by atoms with E-state index in [1.165, 1.54) is 5.69 Å². The van der Waals surface area contributed by atoms with Crippen molar-refractivity contribution in [3.8, 4) is 0 Å². The third kappa shape index (κ3) is 4.00. The first kappa shape index (κ1) is 14.9. The molecule has 1 aliphatic heterocycles. The van der Waals surface area contributed by atoms with Gasteiger partial charge >= 0.3 is 6.09 Å². The molecule has 0 bridgehead atoms. The highest BCUT2D eigenvalue weighted by atomic mass is 16.6. The summed E-state index contributed by atoms with van der Waals surface area (Å²) in [6, 6.07) is 4.62. The van der Waals surface area contributed by atoms with E-state index in [2.05, 4.69) is 28.2 Å². The van der Waals surface area contributed by atoms with E-state index in [4.69, 9.17) is 4.74 Å². The van der Waals surface area contributed by atoms with Gasteiger partial charge in [0.05, 0.1) is 0 Å². The second-order valence-electron chi connectivity index (χ2n) is 6.43. The molecule has 2 rings (SSSR count). The van der Waals surface area contributed by atoms with Crippen molar-refractivity contribution in [3.63, 3.8) is 0 Å². The molecule has 0 saturated carbocycles. The van der Waals surface area contributed by atoms with Gasteiger partial charge in [-0.1, -0.05) is 0 Å². The van der Waals surface area contributed by atoms with Crippen LogP contribution in [0, 0.1) is 0 Å². The summed E-state index contributed by atoms with van der Waals surface area (Å²) < 4.78 is 5.29. The highest BCUT2D eigenvalue weighted by Crippen LogP contribution is 2.23. The number of likely N-dealkylation sites (tertiary alicyclic amines) is 1. The van der Waals surface area contributed by atoms with Crippen LogP contribution in [0.25, 0.3) is 0 Å². The minimum Gasteiger partial charge on any atom is -0.444 e. The lowest BCUT2D eigenvalue weighted by Gasteiger charge is -2.24. The summed E-state index contributed by atoms with van der Waals surface area (Å²) in [4.78, 5) is 17.4. The van der Waals surface area contributed by atoms with E-state index in [1.807, 2.05) is 33.0 Å². The number of nitrogens with one attached hydrogen (secondary N) is 2. The number of hydrogen-bond acceptors (Lipinski definition) is 3. The standard InChI is InChI=1S/C15H25N3O2/c1-11(13-6-5-8-16-13)18-9-7-12(10-18)17-14(19)20-15(2,3)4/h5-6,8,11-12,16H,7,9-10H2,1-4H3,(H,17,19)/t11-,12+/m0/s1. The van der Waals surface area contributed by atoms with Crippen LogP contribution in [0.3, 0.4) is 0 Å². The highest BCUT2D eigenvalue weighted by Gasteiger charge is 2.29. The van der Waals surface area contributed by atoms with Gasteiger partial charge in [-0.15, -0.1) is 0 Å². The second-order valence-corrected chi connectivity index (χ2v) is 6.43. The molecule has 1 fully saturated rings. The van der Waals surface area contributed by atoms with Crippen molar-refractivity contribution >= 4 is 6.09 Å². The van der Waals surface area contributed by atoms with Crippen LogP contribution < -0.4 is 5.32 Å². The van der Waals surface area contributed by atoms with Crippen LogP contribution in [0.15, 0.2) is 18.3 Å². The number of aromatic amines is 1. The van der Waals surface area contributed by atoms with E-state index < -0.39 is 5.60 Å². The summed E-state index contributed by atoms with van der Waals surface area (Å²) in [7, 11) is 0. The van der Waals surface area contributed by atoms with Crippen molar-refractivity contribution in [2.24, 2.45) is 0 Å². The van der Waals surface area contributed by atoms with Crippen LogP contribution in [0.5, 0.6) is 0 Å². The first-order chi connectivity index (χ1) is 9.35. The fourth-order valence-corrected chi connectivity index (χ4v) is 2.53. The molecule has 2 atom stereocenters. The molecule has 0 radical (unpaired) electrons. The summed E-state index contributed by atoms with van der Waals surface area (Å²) in [5.74, 6) is 0. The van der Waals surface area contributed by atoms with Crippen LogP contribution in [-0.2, 0) is 4.74 Å². The molecule has 1 amide bonds. The molecule has 1 aliphatic rings. The number of carbonyl (C=O) groups excluding carboxylic acids is 1. The van der Waals surface area contributed by atoms with Crippen molar-refractivity contribution in [2.75, 3.05) is 13.1 Å². The van der Waals surface area contributed by atoms with Gasteiger partial charge in [0.15, 0.2) is 0 Å². The molecule has 0 aromatic carbocycles. The second kappa shape index (κ2) is 5.87. The average Bonchev–Trinajstić information content (AvgIpc) is 2.95. The Kier molecular flexibility index (Phi) is 4.38. The SMILES string of the molecule is C[C@@H](c1ccc[nH]1)N1CC[C@@H](NC(=O)OC(C)(C)C)C1. The number of carbonyl (C=O) groups is 1. The van der Waals surface area contributed by atoms with Crippen LogP contribution >= 0.6 is 0 Å². The van der Waals surface area contributed by atoms with Gasteiger partial charge in [-0.25, -0.2) is 4.79 Å². The molecule has 112 valence electrons. The molecular formula is C15H25N3O2. The maximum atomic E-state index is 11.8. The smallest absolute Gasteiger partial charge is 0.407 e. The van der Waals surface area contributed by atoms with Gasteiger partial charge in [-0.3, -0.25) is 4.90 Å². The zero-order valence-corrected chi connectivity index (χ0v) is 12.8. The van der Waals surface area contributed by atoms with Crippen molar-refractivity contribution in [1.82, 2.24) is 15.2 Å². The van der Waals surface area contributed by atoms with Crippen LogP contribution in [0.1, 0.15) is 45.9 Å². The summed E-state index contributed by atoms with van der Waals surface area (Å²) >= 11 is 0. The Morgan fingerprint density at radius 2 is 2.30 bits per heavy atom. The molecule has 5 heteroatoms. The number of hydrogen-bond donors (Lipinski definition) is 2. The molecule has 1 saturated heterocycles. The molecule has 0 aliphatic carbocycles. The van der Waals surface area contributed by atoms with Crippen molar-refractivity contribution < 1.29 is 9.53 Å². The van der Waals surface area contributed by atoms with Gasteiger partial charge in [-0.2, -0.15) is 0 Å². The molecule has 0 unspecified atom stereocenters. The Hall–Kier alpha value is -1.49. The Morgan fingerprint density at radius 1 is 1.55 bits per heavy atom. The van der Waals surface area contributed by atoms with Gasteiger partial charge in [0.1, 0.15) is 5.60 Å². The van der Waals surface area contributed by atoms with Crippen LogP contribution in [0.4, 0.5) is 4.79 Å². The summed E-state index contributed by atoms with van der Waals surface area (Å²) in [5.41, 5.74) is 0.767. The number of ether oxygens (including phenoxy) is 1. The van der Waals surface area contributed by atoms with Crippen molar-refractivity contribution in [1.29, 1.82) is 0 Å². The Bertz CT molecular complexity index is 436. The lowest BCUT2D eigenvalue weighted by atomic mass is 10.2. The van der Waals surface area contributed by atoms with Gasteiger partial charge in [0.2, 0.25) is 0 Å². The van der Waals surface area contributed by atoms with Gasteiger partial charge in [0, 0.05) is 37.1 Å². The molecule has 1 aromatic rings. The normalized spacial score (nSPS) is 21.7. The number of aromatic nitrogens is 1. The fraction of sp³-hybridized carbons (Fsp3) is 0.667. The molecular weight excluding hydrogens is 254 g/mol. The number of nitrogens with zero attached hydrogens (tertiary/aromatic N) is 1. The zero-order valence-electron chi connectivity index (χ0n) is 12.8. The lowest BCUT2D eigenvalue weighted by molar-refractivity contribution is 0.0504. The van der Waals surface area contributed by atoms with E-state index in [0.717, 1.165) is 19.5 Å². The Balaban J connectivity index is 1.82. The van der Waals surface area contributed by atoms with Gasteiger partial charge < -0.3 is 15.0 Å². The van der Waals surface area contributed by atoms with Crippen LogP contribution in [0.2, 0.25) is 0 Å². The van der Waals surface area contributed by atoms with E-state index >= 15 is 0 Å². The molecule has 0 spiro atoms. The minimum absolute atomic E-state index is 0.169. The summed E-state index contributed by atoms with van der Waals surface area (Å²) in [6.07, 6.45) is 2.58. The van der Waals surface area contributed by atoms with Gasteiger partial charge in [-0.05, 0) is 46.2 Å². The largest absolute Gasteiger partial charge is 0.444 e. The first-order valence-corrected chi connectivity index (χ1v) is 7.22. The number of alkyl carbamates (subject to hydrolysis) is 1. The monoisotopic (exact) mass is 279 g/mol. The van der Waals surface area contributed by atoms with Crippen molar-refractivity contribution in [2.45, 2.75) is 51.8 Å². The Morgan fingerprint density at radius 3 is 2.90 bits per heavy atom. The number of amides is 1. The zero-order chi connectivity index (χ0) is 14.8. The average molecular weight is 279 g/mol. The van der Waals surface area contributed by atoms with E-state index in [-0.39, 0.29) is 12.1 Å². The third-order valence-electron chi connectivity index (χ3n) is 3.56. The minimum atomic E-state index is -0.445. The van der Waals surface area contributed by atoms with E-state index in [0.29, 0.717) is 6.04 Å². The summed E-state index contributed by atoms with van der Waals surface area (Å²) in [5, 5.41) is 2.95. The molecule has 1 aromatic heterocycles. The quantitative estimate of drug-likeness (QED) is 0.894. The fourth-order valence-electron chi connectivity index (χ4n) is 2.53.